The van der Waals surface area contributed by atoms with Gasteiger partial charge < -0.3 is 25.3 Å². The molecule has 0 aliphatic heterocycles. The van der Waals surface area contributed by atoms with Crippen LogP contribution < -0.4 is 16.0 Å². The molecule has 1 aromatic rings. The largest absolute Gasteiger partial charge is 0.444 e. The first-order valence-corrected chi connectivity index (χ1v) is 9.73. The molecule has 3 N–H and O–H groups in total. The van der Waals surface area contributed by atoms with Crippen LogP contribution in [0.15, 0.2) is 23.7 Å². The lowest BCUT2D eigenvalue weighted by Gasteiger charge is -2.24. The summed E-state index contributed by atoms with van der Waals surface area (Å²) in [5, 5.41) is 9.57. The number of rotatable bonds is 10. The summed E-state index contributed by atoms with van der Waals surface area (Å²) < 4.78 is 7.36. The Morgan fingerprint density at radius 3 is 2.67 bits per heavy atom. The van der Waals surface area contributed by atoms with Crippen molar-refractivity contribution in [1.82, 2.24) is 25.5 Å². The molecule has 1 amide bonds. The number of ether oxygens (including phenoxy) is 1. The van der Waals surface area contributed by atoms with Gasteiger partial charge in [-0.05, 0) is 33.6 Å². The normalized spacial score (nSPS) is 13.1. The number of aliphatic imine (C=N–C) groups is 1. The summed E-state index contributed by atoms with van der Waals surface area (Å²) in [4.78, 5) is 20.2. The zero-order chi connectivity index (χ0) is 20.1. The Kier molecular flexibility index (Phi) is 10.3. The Labute approximate surface area is 163 Å². The van der Waals surface area contributed by atoms with Crippen LogP contribution >= 0.6 is 0 Å². The van der Waals surface area contributed by atoms with Gasteiger partial charge in [-0.15, -0.1) is 0 Å². The van der Waals surface area contributed by atoms with Crippen molar-refractivity contribution in [2.45, 2.75) is 71.6 Å². The highest BCUT2D eigenvalue weighted by Gasteiger charge is 2.18. The Morgan fingerprint density at radius 1 is 1.30 bits per heavy atom. The zero-order valence-corrected chi connectivity index (χ0v) is 17.4. The monoisotopic (exact) mass is 380 g/mol. The summed E-state index contributed by atoms with van der Waals surface area (Å²) >= 11 is 0. The van der Waals surface area contributed by atoms with E-state index in [2.05, 4.69) is 32.9 Å². The first kappa shape index (κ1) is 22.8. The highest BCUT2D eigenvalue weighted by Crippen LogP contribution is 2.07. The van der Waals surface area contributed by atoms with E-state index in [4.69, 9.17) is 4.74 Å². The molecule has 1 rings (SSSR count). The van der Waals surface area contributed by atoms with Crippen LogP contribution in [-0.4, -0.2) is 53.4 Å². The number of amides is 1. The predicted octanol–water partition coefficient (Wildman–Crippen LogP) is 2.52. The van der Waals surface area contributed by atoms with Crippen LogP contribution in [0.4, 0.5) is 4.79 Å². The van der Waals surface area contributed by atoms with E-state index in [1.165, 1.54) is 0 Å². The molecule has 0 saturated heterocycles. The van der Waals surface area contributed by atoms with Crippen LogP contribution in [0.5, 0.6) is 0 Å². The summed E-state index contributed by atoms with van der Waals surface area (Å²) in [6, 6.07) is 0.0947. The minimum atomic E-state index is -0.497. The fraction of sp³-hybridized carbons (Fsp3) is 0.737. The summed E-state index contributed by atoms with van der Waals surface area (Å²) in [6.45, 7) is 9.92. The Morgan fingerprint density at radius 2 is 2.07 bits per heavy atom. The van der Waals surface area contributed by atoms with Gasteiger partial charge in [0.05, 0.1) is 6.33 Å². The number of hydrogen-bond donors (Lipinski definition) is 3. The standard InChI is InChI=1S/C19H36N6O2/c1-6-7-9-16(14-23-18(26)27-19(2,3)4)24-17(20-5)22-10-8-12-25-13-11-21-15-25/h11,13,15-16H,6-10,12,14H2,1-5H3,(H,23,26)(H2,20,22,24). The number of nitrogens with zero attached hydrogens (tertiary/aromatic N) is 3. The third kappa shape index (κ3) is 11.1. The molecule has 8 nitrogen and oxygen atoms in total. The maximum atomic E-state index is 11.9. The van der Waals surface area contributed by atoms with E-state index < -0.39 is 11.7 Å². The molecule has 0 radical (unpaired) electrons. The van der Waals surface area contributed by atoms with Gasteiger partial charge in [-0.2, -0.15) is 0 Å². The number of carbonyl (C=O) groups is 1. The lowest BCUT2D eigenvalue weighted by molar-refractivity contribution is 0.0523. The highest BCUT2D eigenvalue weighted by molar-refractivity contribution is 5.80. The zero-order valence-electron chi connectivity index (χ0n) is 17.4. The molecule has 0 spiro atoms. The van der Waals surface area contributed by atoms with Gasteiger partial charge in [0.25, 0.3) is 0 Å². The van der Waals surface area contributed by atoms with Gasteiger partial charge in [0.2, 0.25) is 0 Å². The fourth-order valence-electron chi connectivity index (χ4n) is 2.47. The second kappa shape index (κ2) is 12.2. The van der Waals surface area contributed by atoms with E-state index in [0.717, 1.165) is 44.7 Å². The van der Waals surface area contributed by atoms with Gasteiger partial charge in [0.1, 0.15) is 5.60 Å². The summed E-state index contributed by atoms with van der Waals surface area (Å²) in [6.07, 6.45) is 9.24. The minimum absolute atomic E-state index is 0.0947. The number of aryl methyl sites for hydroxylation is 1. The summed E-state index contributed by atoms with van der Waals surface area (Å²) in [7, 11) is 1.75. The smallest absolute Gasteiger partial charge is 0.407 e. The molecular formula is C19H36N6O2. The van der Waals surface area contributed by atoms with Crippen LogP contribution in [0.25, 0.3) is 0 Å². The molecule has 0 saturated carbocycles. The van der Waals surface area contributed by atoms with Crippen LogP contribution in [0, 0.1) is 0 Å². The minimum Gasteiger partial charge on any atom is -0.444 e. The van der Waals surface area contributed by atoms with E-state index in [-0.39, 0.29) is 6.04 Å². The van der Waals surface area contributed by atoms with Crippen molar-refractivity contribution in [2.24, 2.45) is 4.99 Å². The molecule has 1 atom stereocenters. The third-order valence-corrected chi connectivity index (χ3v) is 3.81. The molecule has 1 heterocycles. The number of guanidine groups is 1. The lowest BCUT2D eigenvalue weighted by atomic mass is 10.1. The Bertz CT molecular complexity index is 551. The first-order chi connectivity index (χ1) is 12.8. The van der Waals surface area contributed by atoms with Crippen LogP contribution in [0.3, 0.4) is 0 Å². The van der Waals surface area contributed by atoms with Crippen molar-refractivity contribution < 1.29 is 9.53 Å². The maximum absolute atomic E-state index is 11.9. The number of hydrogen-bond acceptors (Lipinski definition) is 4. The summed E-state index contributed by atoms with van der Waals surface area (Å²) in [5.41, 5.74) is -0.497. The van der Waals surface area contributed by atoms with Crippen molar-refractivity contribution in [3.63, 3.8) is 0 Å². The number of nitrogens with one attached hydrogen (secondary N) is 3. The molecule has 0 fully saturated rings. The van der Waals surface area contributed by atoms with Crippen LogP contribution in [-0.2, 0) is 11.3 Å². The fourth-order valence-corrected chi connectivity index (χ4v) is 2.47. The molecule has 0 bridgehead atoms. The Balaban J connectivity index is 2.40. The maximum Gasteiger partial charge on any atom is 0.407 e. The van der Waals surface area contributed by atoms with Crippen LogP contribution in [0.1, 0.15) is 53.4 Å². The average Bonchev–Trinajstić information content (AvgIpc) is 3.11. The molecule has 154 valence electrons. The quantitative estimate of drug-likeness (QED) is 0.329. The molecule has 0 aliphatic carbocycles. The molecule has 1 unspecified atom stereocenters. The topological polar surface area (TPSA) is 92.6 Å². The van der Waals surface area contributed by atoms with Gasteiger partial charge in [0, 0.05) is 45.1 Å². The second-order valence-corrected chi connectivity index (χ2v) is 7.52. The molecule has 0 aliphatic rings. The van der Waals surface area contributed by atoms with Gasteiger partial charge in [0.15, 0.2) is 5.96 Å². The number of imidazole rings is 1. The molecule has 8 heteroatoms. The number of aromatic nitrogens is 2. The number of carbonyl (C=O) groups excluding carboxylic acids is 1. The van der Waals surface area contributed by atoms with Crippen molar-refractivity contribution in [3.8, 4) is 0 Å². The van der Waals surface area contributed by atoms with E-state index >= 15 is 0 Å². The van der Waals surface area contributed by atoms with Crippen molar-refractivity contribution in [3.05, 3.63) is 18.7 Å². The predicted molar refractivity (Wildman–Crippen MR) is 109 cm³/mol. The SMILES string of the molecule is CCCCC(CNC(=O)OC(C)(C)C)NC(=NC)NCCCn1ccnc1. The first-order valence-electron chi connectivity index (χ1n) is 9.73. The second-order valence-electron chi connectivity index (χ2n) is 7.52. The number of alkyl carbamates (subject to hydrolysis) is 1. The van der Waals surface area contributed by atoms with Gasteiger partial charge in [-0.25, -0.2) is 9.78 Å². The molecular weight excluding hydrogens is 344 g/mol. The van der Waals surface area contributed by atoms with Crippen LogP contribution in [0.2, 0.25) is 0 Å². The van der Waals surface area contributed by atoms with E-state index in [9.17, 15) is 4.79 Å². The van der Waals surface area contributed by atoms with E-state index in [1.807, 2.05) is 37.9 Å². The van der Waals surface area contributed by atoms with E-state index in [1.54, 1.807) is 13.2 Å². The van der Waals surface area contributed by atoms with Gasteiger partial charge in [-0.3, -0.25) is 4.99 Å². The molecule has 0 aromatic carbocycles. The lowest BCUT2D eigenvalue weighted by Crippen LogP contribution is -2.49. The van der Waals surface area contributed by atoms with Gasteiger partial charge >= 0.3 is 6.09 Å². The average molecular weight is 381 g/mol. The van der Waals surface area contributed by atoms with Gasteiger partial charge in [-0.1, -0.05) is 19.8 Å². The van der Waals surface area contributed by atoms with Crippen molar-refractivity contribution in [2.75, 3.05) is 20.1 Å². The number of unbranched alkanes of at least 4 members (excludes halogenated alkanes) is 1. The summed E-state index contributed by atoms with van der Waals surface area (Å²) in [5.74, 6) is 0.743. The Hall–Kier alpha value is -2.25. The molecule has 27 heavy (non-hydrogen) atoms. The van der Waals surface area contributed by atoms with Crippen molar-refractivity contribution >= 4 is 12.1 Å². The van der Waals surface area contributed by atoms with E-state index in [0.29, 0.717) is 6.54 Å². The third-order valence-electron chi connectivity index (χ3n) is 3.81. The van der Waals surface area contributed by atoms with Crippen molar-refractivity contribution in [1.29, 1.82) is 0 Å². The highest BCUT2D eigenvalue weighted by atomic mass is 16.6. The molecule has 1 aromatic heterocycles.